The fourth-order valence-corrected chi connectivity index (χ4v) is 2.39. The van der Waals surface area contributed by atoms with Crippen LogP contribution in [0.2, 0.25) is 0 Å². The quantitative estimate of drug-likeness (QED) is 0.545. The maximum atomic E-state index is 12.7. The average molecular weight is 434 g/mol. The van der Waals surface area contributed by atoms with Crippen LogP contribution in [0.5, 0.6) is 5.75 Å². The Kier molecular flexibility index (Phi) is 5.70. The zero-order valence-corrected chi connectivity index (χ0v) is 14.6. The Balaban J connectivity index is 2.24. The number of rotatable bonds is 5. The molecule has 0 aliphatic rings. The molecule has 0 spiro atoms. The van der Waals surface area contributed by atoms with Crippen LogP contribution in [0, 0.1) is 10.1 Å². The SMILES string of the molecule is COc1ccc(Br)c(C(=O)NNc2ccc(C(F)(F)F)cc2[N+](=O)[O-])c1. The number of nitro benzene ring substituents is 1. The van der Waals surface area contributed by atoms with Crippen molar-refractivity contribution in [2.24, 2.45) is 0 Å². The molecule has 26 heavy (non-hydrogen) atoms. The van der Waals surface area contributed by atoms with Crippen molar-refractivity contribution < 1.29 is 27.6 Å². The van der Waals surface area contributed by atoms with E-state index in [0.717, 1.165) is 6.07 Å². The zero-order valence-electron chi connectivity index (χ0n) is 13.1. The highest BCUT2D eigenvalue weighted by Gasteiger charge is 2.33. The summed E-state index contributed by atoms with van der Waals surface area (Å²) in [5, 5.41) is 11.0. The van der Waals surface area contributed by atoms with E-state index in [0.29, 0.717) is 22.4 Å². The van der Waals surface area contributed by atoms with Crippen LogP contribution in [0.3, 0.4) is 0 Å². The Hall–Kier alpha value is -2.82. The minimum absolute atomic E-state index is 0.159. The van der Waals surface area contributed by atoms with Crippen LogP contribution in [0.25, 0.3) is 0 Å². The van der Waals surface area contributed by atoms with E-state index in [2.05, 4.69) is 26.8 Å². The fourth-order valence-electron chi connectivity index (χ4n) is 1.96. The molecule has 0 unspecified atom stereocenters. The summed E-state index contributed by atoms with van der Waals surface area (Å²) in [5.74, 6) is -0.274. The minimum atomic E-state index is -4.72. The second-order valence-electron chi connectivity index (χ2n) is 4.91. The highest BCUT2D eigenvalue weighted by Crippen LogP contribution is 2.34. The number of hydrogen-bond donors (Lipinski definition) is 2. The first-order valence-corrected chi connectivity index (χ1v) is 7.68. The van der Waals surface area contributed by atoms with E-state index in [1.54, 1.807) is 12.1 Å². The van der Waals surface area contributed by atoms with Gasteiger partial charge in [0, 0.05) is 10.5 Å². The van der Waals surface area contributed by atoms with Crippen molar-refractivity contribution >= 4 is 33.2 Å². The number of anilines is 1. The van der Waals surface area contributed by atoms with Gasteiger partial charge in [0.15, 0.2) is 0 Å². The van der Waals surface area contributed by atoms with E-state index >= 15 is 0 Å². The van der Waals surface area contributed by atoms with Crippen LogP contribution in [0.15, 0.2) is 40.9 Å². The van der Waals surface area contributed by atoms with Gasteiger partial charge in [-0.1, -0.05) is 0 Å². The monoisotopic (exact) mass is 433 g/mol. The average Bonchev–Trinajstić information content (AvgIpc) is 2.59. The summed E-state index contributed by atoms with van der Waals surface area (Å²) in [5.41, 5.74) is 2.33. The van der Waals surface area contributed by atoms with Gasteiger partial charge in [0.05, 0.1) is 23.2 Å². The molecule has 0 saturated carbocycles. The third kappa shape index (κ3) is 4.42. The van der Waals surface area contributed by atoms with Gasteiger partial charge in [-0.25, -0.2) is 0 Å². The lowest BCUT2D eigenvalue weighted by Gasteiger charge is -2.12. The third-order valence-electron chi connectivity index (χ3n) is 3.25. The highest BCUT2D eigenvalue weighted by molar-refractivity contribution is 9.10. The smallest absolute Gasteiger partial charge is 0.416 e. The molecule has 138 valence electrons. The molecule has 2 aromatic rings. The van der Waals surface area contributed by atoms with E-state index in [1.807, 2.05) is 0 Å². The first kappa shape index (κ1) is 19.5. The van der Waals surface area contributed by atoms with Crippen LogP contribution in [-0.4, -0.2) is 17.9 Å². The molecule has 2 aromatic carbocycles. The first-order chi connectivity index (χ1) is 12.1. The van der Waals surface area contributed by atoms with Gasteiger partial charge in [-0.3, -0.25) is 25.8 Å². The molecule has 1 amide bonds. The Morgan fingerprint density at radius 1 is 1.23 bits per heavy atom. The maximum Gasteiger partial charge on any atom is 0.416 e. The van der Waals surface area contributed by atoms with Gasteiger partial charge in [0.25, 0.3) is 11.6 Å². The Labute approximate surface area is 153 Å². The molecule has 0 aromatic heterocycles. The van der Waals surface area contributed by atoms with Crippen molar-refractivity contribution in [2.75, 3.05) is 12.5 Å². The number of hydrogen-bond acceptors (Lipinski definition) is 5. The number of alkyl halides is 3. The van der Waals surface area contributed by atoms with Crippen LogP contribution in [0.4, 0.5) is 24.5 Å². The lowest BCUT2D eigenvalue weighted by molar-refractivity contribution is -0.384. The number of benzene rings is 2. The van der Waals surface area contributed by atoms with E-state index < -0.39 is 28.3 Å². The Morgan fingerprint density at radius 2 is 1.92 bits per heavy atom. The minimum Gasteiger partial charge on any atom is -0.497 e. The number of carbonyl (C=O) groups is 1. The van der Waals surface area contributed by atoms with E-state index in [4.69, 9.17) is 4.74 Å². The van der Waals surface area contributed by atoms with Crippen molar-refractivity contribution in [3.63, 3.8) is 0 Å². The van der Waals surface area contributed by atoms with Crippen LogP contribution in [-0.2, 0) is 6.18 Å². The topological polar surface area (TPSA) is 93.5 Å². The fraction of sp³-hybridized carbons (Fsp3) is 0.133. The summed E-state index contributed by atoms with van der Waals surface area (Å²) in [6, 6.07) is 6.51. The maximum absolute atomic E-state index is 12.7. The van der Waals surface area contributed by atoms with Crippen molar-refractivity contribution in [2.45, 2.75) is 6.18 Å². The lowest BCUT2D eigenvalue weighted by Crippen LogP contribution is -2.30. The molecular formula is C15H11BrF3N3O4. The molecular weight excluding hydrogens is 423 g/mol. The standard InChI is InChI=1S/C15H11BrF3N3O4/c1-26-9-3-4-11(16)10(7-9)14(23)21-20-12-5-2-8(15(17,18)19)6-13(12)22(24)25/h2-7,20H,1H3,(H,21,23). The number of nitro groups is 1. The van der Waals surface area contributed by atoms with E-state index in [9.17, 15) is 28.1 Å². The molecule has 0 atom stereocenters. The number of carbonyl (C=O) groups excluding carboxylic acids is 1. The summed E-state index contributed by atoms with van der Waals surface area (Å²) in [6.07, 6.45) is -4.72. The van der Waals surface area contributed by atoms with Gasteiger partial charge in [-0.15, -0.1) is 0 Å². The van der Waals surface area contributed by atoms with Crippen LogP contribution >= 0.6 is 15.9 Å². The van der Waals surface area contributed by atoms with Gasteiger partial charge in [-0.05, 0) is 46.3 Å². The molecule has 0 bridgehead atoms. The third-order valence-corrected chi connectivity index (χ3v) is 3.94. The molecule has 0 radical (unpaired) electrons. The molecule has 0 saturated heterocycles. The number of methoxy groups -OCH3 is 1. The number of nitrogens with zero attached hydrogens (tertiary/aromatic N) is 1. The second kappa shape index (κ2) is 7.60. The summed E-state index contributed by atoms with van der Waals surface area (Å²) in [6.45, 7) is 0. The van der Waals surface area contributed by atoms with Gasteiger partial charge >= 0.3 is 6.18 Å². The molecule has 0 aliphatic heterocycles. The van der Waals surface area contributed by atoms with E-state index in [-0.39, 0.29) is 11.3 Å². The summed E-state index contributed by atoms with van der Waals surface area (Å²) < 4.78 is 43.5. The van der Waals surface area contributed by atoms with Gasteiger partial charge in [0.1, 0.15) is 11.4 Å². The Morgan fingerprint density at radius 3 is 2.50 bits per heavy atom. The number of nitrogens with one attached hydrogen (secondary N) is 2. The largest absolute Gasteiger partial charge is 0.497 e. The molecule has 0 heterocycles. The van der Waals surface area contributed by atoms with Gasteiger partial charge in [0.2, 0.25) is 0 Å². The van der Waals surface area contributed by atoms with Crippen LogP contribution < -0.4 is 15.6 Å². The van der Waals surface area contributed by atoms with Gasteiger partial charge in [-0.2, -0.15) is 13.2 Å². The lowest BCUT2D eigenvalue weighted by atomic mass is 10.1. The number of ether oxygens (including phenoxy) is 1. The number of amides is 1. The molecule has 2 N–H and O–H groups in total. The molecule has 0 aliphatic carbocycles. The summed E-state index contributed by atoms with van der Waals surface area (Å²) in [4.78, 5) is 22.2. The van der Waals surface area contributed by atoms with Crippen molar-refractivity contribution in [3.8, 4) is 5.75 Å². The number of hydrazine groups is 1. The van der Waals surface area contributed by atoms with Crippen molar-refractivity contribution in [1.82, 2.24) is 5.43 Å². The van der Waals surface area contributed by atoms with Crippen molar-refractivity contribution in [1.29, 1.82) is 0 Å². The molecule has 11 heteroatoms. The van der Waals surface area contributed by atoms with Crippen LogP contribution in [0.1, 0.15) is 15.9 Å². The highest BCUT2D eigenvalue weighted by atomic mass is 79.9. The molecule has 2 rings (SSSR count). The van der Waals surface area contributed by atoms with E-state index in [1.165, 1.54) is 13.2 Å². The predicted molar refractivity (Wildman–Crippen MR) is 89.9 cm³/mol. The summed E-state index contributed by atoms with van der Waals surface area (Å²) >= 11 is 3.18. The van der Waals surface area contributed by atoms with Gasteiger partial charge < -0.3 is 4.74 Å². The normalized spacial score (nSPS) is 11.0. The zero-order chi connectivity index (χ0) is 19.5. The first-order valence-electron chi connectivity index (χ1n) is 6.89. The van der Waals surface area contributed by atoms with Crippen molar-refractivity contribution in [3.05, 3.63) is 62.1 Å². The Bertz CT molecular complexity index is 859. The molecule has 7 nitrogen and oxygen atoms in total. The number of halogens is 4. The predicted octanol–water partition coefficient (Wildman–Crippen LogP) is 4.14. The molecule has 0 fully saturated rings. The summed E-state index contributed by atoms with van der Waals surface area (Å²) in [7, 11) is 1.41. The second-order valence-corrected chi connectivity index (χ2v) is 5.77.